The molecule has 0 amide bonds. The Bertz CT molecular complexity index is 656. The molecular formula is C17H28FN3O2S. The van der Waals surface area contributed by atoms with E-state index in [1.807, 2.05) is 0 Å². The van der Waals surface area contributed by atoms with Gasteiger partial charge in [0, 0.05) is 38.8 Å². The number of aryl methyl sites for hydroxylation is 1. The smallest absolute Gasteiger partial charge is 0.240 e. The molecule has 136 valence electrons. The van der Waals surface area contributed by atoms with E-state index in [4.69, 9.17) is 0 Å². The number of halogens is 1. The quantitative estimate of drug-likeness (QED) is 0.842. The molecule has 5 nitrogen and oxygen atoms in total. The molecule has 1 N–H and O–H groups in total. The van der Waals surface area contributed by atoms with Crippen LogP contribution in [0.25, 0.3) is 0 Å². The minimum atomic E-state index is -3.63. The van der Waals surface area contributed by atoms with Crippen molar-refractivity contribution in [2.75, 3.05) is 39.8 Å². The Kier molecular flexibility index (Phi) is 6.36. The first-order valence-electron chi connectivity index (χ1n) is 8.39. The molecule has 1 unspecified atom stereocenters. The molecule has 0 radical (unpaired) electrons. The van der Waals surface area contributed by atoms with Crippen molar-refractivity contribution in [3.8, 4) is 0 Å². The zero-order chi connectivity index (χ0) is 17.9. The summed E-state index contributed by atoms with van der Waals surface area (Å²) in [6, 6.07) is 4.03. The fraction of sp³-hybridized carbons (Fsp3) is 0.647. The largest absolute Gasteiger partial charge is 0.304 e. The molecule has 0 saturated carbocycles. The Labute approximate surface area is 144 Å². The lowest BCUT2D eigenvalue weighted by Gasteiger charge is -2.39. The van der Waals surface area contributed by atoms with Gasteiger partial charge in [-0.3, -0.25) is 4.90 Å². The van der Waals surface area contributed by atoms with Crippen LogP contribution in [0.1, 0.15) is 19.4 Å². The summed E-state index contributed by atoms with van der Waals surface area (Å²) in [5.74, 6) is -0.0579. The van der Waals surface area contributed by atoms with Gasteiger partial charge < -0.3 is 4.90 Å². The van der Waals surface area contributed by atoms with E-state index in [2.05, 4.69) is 35.4 Å². The van der Waals surface area contributed by atoms with Crippen molar-refractivity contribution >= 4 is 10.0 Å². The van der Waals surface area contributed by atoms with Gasteiger partial charge in [0.1, 0.15) is 5.82 Å². The number of sulfonamides is 1. The number of hydrogen-bond donors (Lipinski definition) is 1. The van der Waals surface area contributed by atoms with Crippen molar-refractivity contribution in [2.24, 2.45) is 5.92 Å². The predicted molar refractivity (Wildman–Crippen MR) is 94.0 cm³/mol. The molecule has 24 heavy (non-hydrogen) atoms. The third-order valence-electron chi connectivity index (χ3n) is 4.70. The molecule has 0 bridgehead atoms. The van der Waals surface area contributed by atoms with Crippen LogP contribution in [0.4, 0.5) is 4.39 Å². The van der Waals surface area contributed by atoms with Crippen molar-refractivity contribution in [1.29, 1.82) is 0 Å². The lowest BCUT2D eigenvalue weighted by molar-refractivity contribution is 0.0905. The number of rotatable bonds is 6. The van der Waals surface area contributed by atoms with E-state index in [-0.39, 0.29) is 10.9 Å². The maximum atomic E-state index is 13.4. The molecule has 0 aliphatic carbocycles. The third kappa shape index (κ3) is 4.75. The summed E-state index contributed by atoms with van der Waals surface area (Å²) < 4.78 is 41.1. The molecule has 1 fully saturated rings. The first kappa shape index (κ1) is 19.3. The molecule has 0 spiro atoms. The molecule has 7 heteroatoms. The average Bonchev–Trinajstić information content (AvgIpc) is 2.51. The van der Waals surface area contributed by atoms with Crippen LogP contribution in [0.3, 0.4) is 0 Å². The van der Waals surface area contributed by atoms with Gasteiger partial charge in [-0.1, -0.05) is 13.8 Å². The summed E-state index contributed by atoms with van der Waals surface area (Å²) in [5.41, 5.74) is 0.331. The van der Waals surface area contributed by atoms with Crippen LogP contribution in [-0.4, -0.2) is 64.0 Å². The summed E-state index contributed by atoms with van der Waals surface area (Å²) in [7, 11) is -1.53. The fourth-order valence-corrected chi connectivity index (χ4v) is 4.14. The number of nitrogens with one attached hydrogen (secondary N) is 1. The van der Waals surface area contributed by atoms with E-state index in [0.29, 0.717) is 18.0 Å². The second-order valence-corrected chi connectivity index (χ2v) is 8.68. The highest BCUT2D eigenvalue weighted by Crippen LogP contribution is 2.16. The van der Waals surface area contributed by atoms with Crippen LogP contribution < -0.4 is 4.72 Å². The summed E-state index contributed by atoms with van der Waals surface area (Å²) in [6.45, 7) is 10.0. The Balaban J connectivity index is 2.06. The zero-order valence-electron chi connectivity index (χ0n) is 14.9. The summed E-state index contributed by atoms with van der Waals surface area (Å²) >= 11 is 0. The van der Waals surface area contributed by atoms with Crippen LogP contribution in [-0.2, 0) is 10.0 Å². The van der Waals surface area contributed by atoms with Crippen LogP contribution in [0.2, 0.25) is 0 Å². The highest BCUT2D eigenvalue weighted by molar-refractivity contribution is 7.89. The Morgan fingerprint density at radius 3 is 2.38 bits per heavy atom. The van der Waals surface area contributed by atoms with Crippen LogP contribution in [0.15, 0.2) is 23.1 Å². The maximum absolute atomic E-state index is 13.4. The van der Waals surface area contributed by atoms with Gasteiger partial charge in [0.15, 0.2) is 0 Å². The van der Waals surface area contributed by atoms with Gasteiger partial charge in [-0.05, 0) is 43.7 Å². The maximum Gasteiger partial charge on any atom is 0.240 e. The second-order valence-electron chi connectivity index (χ2n) is 6.91. The van der Waals surface area contributed by atoms with Gasteiger partial charge in [0.25, 0.3) is 0 Å². The van der Waals surface area contributed by atoms with Gasteiger partial charge in [-0.2, -0.15) is 0 Å². The molecule has 1 aromatic carbocycles. The Morgan fingerprint density at radius 2 is 1.83 bits per heavy atom. The lowest BCUT2D eigenvalue weighted by atomic mass is 10.0. The van der Waals surface area contributed by atoms with Crippen LogP contribution >= 0.6 is 0 Å². The number of piperazine rings is 1. The summed E-state index contributed by atoms with van der Waals surface area (Å²) in [4.78, 5) is 4.74. The van der Waals surface area contributed by atoms with E-state index in [9.17, 15) is 12.8 Å². The Morgan fingerprint density at radius 1 is 1.21 bits per heavy atom. The van der Waals surface area contributed by atoms with E-state index < -0.39 is 15.8 Å². The van der Waals surface area contributed by atoms with Crippen molar-refractivity contribution in [2.45, 2.75) is 31.7 Å². The molecule has 1 atom stereocenters. The molecular weight excluding hydrogens is 329 g/mol. The van der Waals surface area contributed by atoms with Gasteiger partial charge in [-0.15, -0.1) is 0 Å². The van der Waals surface area contributed by atoms with E-state index >= 15 is 0 Å². The standard InChI is InChI=1S/C17H28FN3O2S/c1-13(2)17(21-9-7-20(4)8-10-21)12-19-24(22,23)15-5-6-16(18)14(3)11-15/h5-6,11,13,17,19H,7-10,12H2,1-4H3. The lowest BCUT2D eigenvalue weighted by Crippen LogP contribution is -2.54. The van der Waals surface area contributed by atoms with Gasteiger partial charge >= 0.3 is 0 Å². The van der Waals surface area contributed by atoms with Crippen molar-refractivity contribution in [3.63, 3.8) is 0 Å². The SMILES string of the molecule is Cc1cc(S(=O)(=O)NCC(C(C)C)N2CCN(C)CC2)ccc1F. The van der Waals surface area contributed by atoms with Crippen molar-refractivity contribution < 1.29 is 12.8 Å². The van der Waals surface area contributed by atoms with E-state index in [0.717, 1.165) is 26.2 Å². The molecule has 1 saturated heterocycles. The second kappa shape index (κ2) is 7.91. The van der Waals surface area contributed by atoms with Crippen molar-refractivity contribution in [1.82, 2.24) is 14.5 Å². The van der Waals surface area contributed by atoms with Crippen LogP contribution in [0.5, 0.6) is 0 Å². The first-order valence-corrected chi connectivity index (χ1v) is 9.87. The molecule has 0 aromatic heterocycles. The van der Waals surface area contributed by atoms with Gasteiger partial charge in [0.2, 0.25) is 10.0 Å². The van der Waals surface area contributed by atoms with Crippen LogP contribution in [0, 0.1) is 18.7 Å². The molecule has 1 heterocycles. The number of hydrogen-bond acceptors (Lipinski definition) is 4. The third-order valence-corrected chi connectivity index (χ3v) is 6.12. The van der Waals surface area contributed by atoms with Crippen molar-refractivity contribution in [3.05, 3.63) is 29.6 Å². The molecule has 1 aromatic rings. The number of likely N-dealkylation sites (N-methyl/N-ethyl adjacent to an activating group) is 1. The number of benzene rings is 1. The van der Waals surface area contributed by atoms with E-state index in [1.54, 1.807) is 6.92 Å². The van der Waals surface area contributed by atoms with E-state index in [1.165, 1.54) is 18.2 Å². The summed E-state index contributed by atoms with van der Waals surface area (Å²) in [5, 5.41) is 0. The normalized spacial score (nSPS) is 18.9. The highest BCUT2D eigenvalue weighted by Gasteiger charge is 2.26. The van der Waals surface area contributed by atoms with Gasteiger partial charge in [-0.25, -0.2) is 17.5 Å². The minimum Gasteiger partial charge on any atom is -0.304 e. The average molecular weight is 357 g/mol. The van der Waals surface area contributed by atoms with Gasteiger partial charge in [0.05, 0.1) is 4.90 Å². The fourth-order valence-electron chi connectivity index (χ4n) is 3.00. The topological polar surface area (TPSA) is 52.7 Å². The Hall–Kier alpha value is -1.02. The zero-order valence-corrected chi connectivity index (χ0v) is 15.7. The first-order chi connectivity index (χ1) is 11.2. The molecule has 1 aliphatic heterocycles. The molecule has 1 aliphatic rings. The minimum absolute atomic E-state index is 0.113. The number of nitrogens with zero attached hydrogens (tertiary/aromatic N) is 2. The summed E-state index contributed by atoms with van der Waals surface area (Å²) in [6.07, 6.45) is 0. The highest BCUT2D eigenvalue weighted by atomic mass is 32.2. The molecule has 2 rings (SSSR count). The predicted octanol–water partition coefficient (Wildman–Crippen LogP) is 1.68. The monoisotopic (exact) mass is 357 g/mol.